The third kappa shape index (κ3) is 4.77. The Labute approximate surface area is 124 Å². The Morgan fingerprint density at radius 2 is 2.25 bits per heavy atom. The van der Waals surface area contributed by atoms with Crippen molar-refractivity contribution in [2.24, 2.45) is 0 Å². The molecular weight excluding hydrogens is 274 g/mol. The van der Waals surface area contributed by atoms with Crippen molar-refractivity contribution >= 4 is 17.4 Å². The molecule has 1 saturated heterocycles. The summed E-state index contributed by atoms with van der Waals surface area (Å²) in [5.41, 5.74) is 1.23. The number of aryl methyl sites for hydroxylation is 1. The van der Waals surface area contributed by atoms with Crippen LogP contribution in [0.25, 0.3) is 0 Å². The van der Waals surface area contributed by atoms with E-state index in [0.29, 0.717) is 6.54 Å². The molecule has 1 fully saturated rings. The molecule has 1 atom stereocenters. The van der Waals surface area contributed by atoms with E-state index in [0.717, 1.165) is 32.8 Å². The molecule has 1 aliphatic rings. The van der Waals surface area contributed by atoms with E-state index in [1.165, 1.54) is 10.4 Å². The first kappa shape index (κ1) is 15.3. The monoisotopic (exact) mass is 297 g/mol. The van der Waals surface area contributed by atoms with Gasteiger partial charge < -0.3 is 15.4 Å². The quantitative estimate of drug-likeness (QED) is 0.867. The molecule has 2 heterocycles. The van der Waals surface area contributed by atoms with Crippen LogP contribution < -0.4 is 10.6 Å². The molecule has 0 aromatic carbocycles. The summed E-state index contributed by atoms with van der Waals surface area (Å²) in [4.78, 5) is 15.4. The third-order valence-electron chi connectivity index (χ3n) is 3.39. The van der Waals surface area contributed by atoms with Gasteiger partial charge in [0, 0.05) is 30.6 Å². The minimum Gasteiger partial charge on any atom is -0.379 e. The molecule has 2 amide bonds. The predicted molar refractivity (Wildman–Crippen MR) is 81.1 cm³/mol. The zero-order valence-corrected chi connectivity index (χ0v) is 13.0. The fourth-order valence-corrected chi connectivity index (χ4v) is 3.08. The van der Waals surface area contributed by atoms with Crippen LogP contribution in [0.5, 0.6) is 0 Å². The number of ether oxygens (including phenoxy) is 1. The lowest BCUT2D eigenvalue weighted by atomic mass is 10.3. The van der Waals surface area contributed by atoms with Gasteiger partial charge in [-0.3, -0.25) is 4.90 Å². The summed E-state index contributed by atoms with van der Waals surface area (Å²) < 4.78 is 5.31. The summed E-state index contributed by atoms with van der Waals surface area (Å²) in [6.45, 7) is 9.03. The van der Waals surface area contributed by atoms with Gasteiger partial charge in [-0.1, -0.05) is 0 Å². The highest BCUT2D eigenvalue weighted by Gasteiger charge is 2.15. The molecule has 0 spiro atoms. The summed E-state index contributed by atoms with van der Waals surface area (Å²) in [6.07, 6.45) is 0. The minimum atomic E-state index is -0.0986. The van der Waals surface area contributed by atoms with Crippen LogP contribution in [0.3, 0.4) is 0 Å². The van der Waals surface area contributed by atoms with E-state index >= 15 is 0 Å². The predicted octanol–water partition coefficient (Wildman–Crippen LogP) is 1.58. The largest absolute Gasteiger partial charge is 0.379 e. The molecule has 2 N–H and O–H groups in total. The number of hydrogen-bond donors (Lipinski definition) is 2. The highest BCUT2D eigenvalue weighted by Crippen LogP contribution is 2.14. The van der Waals surface area contributed by atoms with E-state index in [2.05, 4.69) is 28.5 Å². The molecule has 1 aromatic heterocycles. The van der Waals surface area contributed by atoms with Gasteiger partial charge in [0.1, 0.15) is 0 Å². The van der Waals surface area contributed by atoms with Crippen molar-refractivity contribution in [1.82, 2.24) is 15.5 Å². The first-order valence-electron chi connectivity index (χ1n) is 7.02. The van der Waals surface area contributed by atoms with Crippen molar-refractivity contribution in [2.75, 3.05) is 32.8 Å². The number of morpholine rings is 1. The summed E-state index contributed by atoms with van der Waals surface area (Å²) in [6, 6.07) is 2.11. The Kier molecular flexibility index (Phi) is 5.82. The fourth-order valence-electron chi connectivity index (χ4n) is 2.24. The number of rotatable bonds is 5. The van der Waals surface area contributed by atoms with Gasteiger partial charge in [-0.25, -0.2) is 4.79 Å². The van der Waals surface area contributed by atoms with Gasteiger partial charge in [0.05, 0.1) is 19.8 Å². The Balaban J connectivity index is 1.66. The summed E-state index contributed by atoms with van der Waals surface area (Å²) >= 11 is 1.67. The lowest BCUT2D eigenvalue weighted by Gasteiger charge is -2.29. The number of amides is 2. The standard InChI is InChI=1S/C14H23N3O2S/c1-11-3-8-20-13(11)9-15-14(18)16-12(2)10-17-4-6-19-7-5-17/h3,8,12H,4-7,9-10H2,1-2H3,(H2,15,16,18)/t12-/m0/s1. The molecule has 6 heteroatoms. The zero-order chi connectivity index (χ0) is 14.4. The van der Waals surface area contributed by atoms with Gasteiger partial charge in [0.2, 0.25) is 0 Å². The van der Waals surface area contributed by atoms with Crippen LogP contribution in [-0.4, -0.2) is 49.8 Å². The SMILES string of the molecule is Cc1ccsc1CNC(=O)N[C@@H](C)CN1CCOCC1. The lowest BCUT2D eigenvalue weighted by Crippen LogP contribution is -2.48. The maximum Gasteiger partial charge on any atom is 0.315 e. The normalized spacial score (nSPS) is 17.7. The topological polar surface area (TPSA) is 53.6 Å². The molecule has 0 radical (unpaired) electrons. The van der Waals surface area contributed by atoms with Gasteiger partial charge >= 0.3 is 6.03 Å². The maximum absolute atomic E-state index is 11.8. The van der Waals surface area contributed by atoms with Crippen LogP contribution in [0.1, 0.15) is 17.4 Å². The van der Waals surface area contributed by atoms with Gasteiger partial charge in [-0.2, -0.15) is 0 Å². The summed E-state index contributed by atoms with van der Waals surface area (Å²) in [5.74, 6) is 0. The molecule has 0 saturated carbocycles. The van der Waals surface area contributed by atoms with Gasteiger partial charge in [-0.15, -0.1) is 11.3 Å². The number of hydrogen-bond acceptors (Lipinski definition) is 4. The highest BCUT2D eigenvalue weighted by atomic mass is 32.1. The Morgan fingerprint density at radius 1 is 1.50 bits per heavy atom. The van der Waals surface area contributed by atoms with Gasteiger partial charge in [-0.05, 0) is 30.9 Å². The second kappa shape index (κ2) is 7.61. The Bertz CT molecular complexity index is 430. The molecule has 1 aromatic rings. The molecule has 2 rings (SSSR count). The van der Waals surface area contributed by atoms with E-state index in [1.807, 2.05) is 12.3 Å². The molecule has 5 nitrogen and oxygen atoms in total. The Morgan fingerprint density at radius 3 is 2.90 bits per heavy atom. The Hall–Kier alpha value is -1.11. The molecule has 0 bridgehead atoms. The van der Waals surface area contributed by atoms with E-state index in [9.17, 15) is 4.79 Å². The van der Waals surface area contributed by atoms with E-state index in [4.69, 9.17) is 4.74 Å². The number of carbonyl (C=O) groups is 1. The van der Waals surface area contributed by atoms with Crippen LogP contribution in [0.4, 0.5) is 4.79 Å². The van der Waals surface area contributed by atoms with Crippen LogP contribution in [-0.2, 0) is 11.3 Å². The smallest absolute Gasteiger partial charge is 0.315 e. The average Bonchev–Trinajstić information content (AvgIpc) is 2.83. The molecule has 0 unspecified atom stereocenters. The number of carbonyl (C=O) groups excluding carboxylic acids is 1. The number of urea groups is 1. The van der Waals surface area contributed by atoms with Crippen LogP contribution in [0.15, 0.2) is 11.4 Å². The van der Waals surface area contributed by atoms with Crippen LogP contribution in [0.2, 0.25) is 0 Å². The van der Waals surface area contributed by atoms with Crippen molar-refractivity contribution in [3.05, 3.63) is 21.9 Å². The minimum absolute atomic E-state index is 0.0986. The zero-order valence-electron chi connectivity index (χ0n) is 12.1. The first-order chi connectivity index (χ1) is 9.65. The van der Waals surface area contributed by atoms with E-state index in [1.54, 1.807) is 11.3 Å². The average molecular weight is 297 g/mol. The highest BCUT2D eigenvalue weighted by molar-refractivity contribution is 7.10. The van der Waals surface area contributed by atoms with Crippen molar-refractivity contribution in [1.29, 1.82) is 0 Å². The van der Waals surface area contributed by atoms with Crippen molar-refractivity contribution in [3.63, 3.8) is 0 Å². The van der Waals surface area contributed by atoms with Gasteiger partial charge in [0.25, 0.3) is 0 Å². The van der Waals surface area contributed by atoms with Gasteiger partial charge in [0.15, 0.2) is 0 Å². The van der Waals surface area contributed by atoms with E-state index < -0.39 is 0 Å². The van der Waals surface area contributed by atoms with Crippen molar-refractivity contribution in [3.8, 4) is 0 Å². The summed E-state index contributed by atoms with van der Waals surface area (Å²) in [5, 5.41) is 7.94. The fraction of sp³-hybridized carbons (Fsp3) is 0.643. The lowest BCUT2D eigenvalue weighted by molar-refractivity contribution is 0.0349. The number of thiophene rings is 1. The molecule has 1 aliphatic heterocycles. The second-order valence-corrected chi connectivity index (χ2v) is 6.17. The molecule has 112 valence electrons. The third-order valence-corrected chi connectivity index (χ3v) is 4.41. The first-order valence-corrected chi connectivity index (χ1v) is 7.90. The molecule has 20 heavy (non-hydrogen) atoms. The van der Waals surface area contributed by atoms with Crippen molar-refractivity contribution < 1.29 is 9.53 Å². The van der Waals surface area contributed by atoms with Crippen LogP contribution >= 0.6 is 11.3 Å². The van der Waals surface area contributed by atoms with Crippen molar-refractivity contribution in [2.45, 2.75) is 26.4 Å². The number of nitrogens with zero attached hydrogens (tertiary/aromatic N) is 1. The summed E-state index contributed by atoms with van der Waals surface area (Å²) in [7, 11) is 0. The maximum atomic E-state index is 11.8. The molecule has 0 aliphatic carbocycles. The van der Waals surface area contributed by atoms with E-state index in [-0.39, 0.29) is 12.1 Å². The van der Waals surface area contributed by atoms with Crippen LogP contribution in [0, 0.1) is 6.92 Å². The second-order valence-electron chi connectivity index (χ2n) is 5.17. The molecular formula is C14H23N3O2S. The number of nitrogens with one attached hydrogen (secondary N) is 2.